The van der Waals surface area contributed by atoms with Gasteiger partial charge in [0.1, 0.15) is 5.75 Å². The lowest BCUT2D eigenvalue weighted by atomic mass is 10.1. The molecule has 0 saturated carbocycles. The van der Waals surface area contributed by atoms with Crippen LogP contribution >= 0.6 is 24.0 Å². The minimum atomic E-state index is 0. The van der Waals surface area contributed by atoms with Crippen LogP contribution in [-0.4, -0.2) is 45.8 Å². The molecule has 2 atom stereocenters. The Morgan fingerprint density at radius 2 is 2.04 bits per heavy atom. The average Bonchev–Trinajstić information content (AvgIpc) is 3.06. The Labute approximate surface area is 169 Å². The fraction of sp³-hybridized carbons (Fsp3) is 0.632. The van der Waals surface area contributed by atoms with Gasteiger partial charge in [0.2, 0.25) is 0 Å². The number of para-hydroxylation sites is 2. The molecule has 0 bridgehead atoms. The fourth-order valence-corrected chi connectivity index (χ4v) is 2.93. The zero-order valence-electron chi connectivity index (χ0n) is 16.1. The van der Waals surface area contributed by atoms with E-state index in [-0.39, 0.29) is 24.0 Å². The molecule has 0 radical (unpaired) electrons. The minimum absolute atomic E-state index is 0. The number of halogens is 1. The second-order valence-corrected chi connectivity index (χ2v) is 6.90. The molecule has 25 heavy (non-hydrogen) atoms. The largest absolute Gasteiger partial charge is 0.495 e. The summed E-state index contributed by atoms with van der Waals surface area (Å²) in [6.45, 7) is 9.68. The van der Waals surface area contributed by atoms with Gasteiger partial charge < -0.3 is 20.3 Å². The van der Waals surface area contributed by atoms with E-state index in [0.29, 0.717) is 17.9 Å². The Hall–Kier alpha value is -1.18. The molecule has 1 heterocycles. The molecule has 0 spiro atoms. The van der Waals surface area contributed by atoms with Crippen LogP contribution < -0.4 is 20.3 Å². The second kappa shape index (κ2) is 10.7. The molecule has 1 aliphatic heterocycles. The number of hydrogen-bond acceptors (Lipinski definition) is 3. The minimum Gasteiger partial charge on any atom is -0.495 e. The summed E-state index contributed by atoms with van der Waals surface area (Å²) in [5, 5.41) is 6.94. The van der Waals surface area contributed by atoms with E-state index in [0.717, 1.165) is 31.3 Å². The highest BCUT2D eigenvalue weighted by molar-refractivity contribution is 14.0. The molecule has 2 N–H and O–H groups in total. The van der Waals surface area contributed by atoms with E-state index >= 15 is 0 Å². The van der Waals surface area contributed by atoms with Crippen LogP contribution in [0, 0.1) is 11.8 Å². The van der Waals surface area contributed by atoms with Crippen molar-refractivity contribution in [3.63, 3.8) is 0 Å². The zero-order valence-corrected chi connectivity index (χ0v) is 18.4. The molecule has 0 amide bonds. The summed E-state index contributed by atoms with van der Waals surface area (Å²) >= 11 is 0. The van der Waals surface area contributed by atoms with Gasteiger partial charge in [0.15, 0.2) is 5.96 Å². The van der Waals surface area contributed by atoms with Gasteiger partial charge in [0.25, 0.3) is 0 Å². The number of nitrogens with one attached hydrogen (secondary N) is 2. The van der Waals surface area contributed by atoms with Crippen molar-refractivity contribution in [2.24, 2.45) is 16.8 Å². The molecule has 0 aliphatic carbocycles. The first kappa shape index (κ1) is 21.9. The summed E-state index contributed by atoms with van der Waals surface area (Å²) in [6, 6.07) is 8.66. The highest BCUT2D eigenvalue weighted by atomic mass is 127. The first-order chi connectivity index (χ1) is 11.5. The van der Waals surface area contributed by atoms with E-state index in [1.54, 1.807) is 7.11 Å². The highest BCUT2D eigenvalue weighted by Crippen LogP contribution is 2.31. The number of ether oxygens (including phenoxy) is 1. The lowest BCUT2D eigenvalue weighted by Crippen LogP contribution is -2.45. The van der Waals surface area contributed by atoms with Crippen molar-refractivity contribution in [3.05, 3.63) is 24.3 Å². The van der Waals surface area contributed by atoms with E-state index in [9.17, 15) is 0 Å². The average molecular weight is 460 g/mol. The number of rotatable bonds is 6. The van der Waals surface area contributed by atoms with Crippen molar-refractivity contribution in [2.45, 2.75) is 33.2 Å². The summed E-state index contributed by atoms with van der Waals surface area (Å²) in [4.78, 5) is 6.75. The van der Waals surface area contributed by atoms with Crippen LogP contribution in [0.4, 0.5) is 5.69 Å². The van der Waals surface area contributed by atoms with E-state index in [1.165, 1.54) is 12.1 Å². The van der Waals surface area contributed by atoms with Crippen molar-refractivity contribution in [3.8, 4) is 5.75 Å². The summed E-state index contributed by atoms with van der Waals surface area (Å²) in [5.41, 5.74) is 1.19. The van der Waals surface area contributed by atoms with Crippen LogP contribution in [0.25, 0.3) is 0 Å². The molecule has 2 unspecified atom stereocenters. The predicted molar refractivity (Wildman–Crippen MR) is 118 cm³/mol. The van der Waals surface area contributed by atoms with E-state index in [2.05, 4.69) is 53.4 Å². The van der Waals surface area contributed by atoms with Crippen LogP contribution in [0.1, 0.15) is 27.2 Å². The molecule has 142 valence electrons. The molecule has 1 saturated heterocycles. The Morgan fingerprint density at radius 1 is 1.32 bits per heavy atom. The van der Waals surface area contributed by atoms with Gasteiger partial charge >= 0.3 is 0 Å². The second-order valence-electron chi connectivity index (χ2n) is 6.90. The highest BCUT2D eigenvalue weighted by Gasteiger charge is 2.24. The Kier molecular flexibility index (Phi) is 9.38. The number of nitrogens with zero attached hydrogens (tertiary/aromatic N) is 2. The van der Waals surface area contributed by atoms with E-state index in [4.69, 9.17) is 4.74 Å². The molecule has 2 rings (SSSR count). The summed E-state index contributed by atoms with van der Waals surface area (Å²) in [6.07, 6.45) is 1.18. The smallest absolute Gasteiger partial charge is 0.191 e. The Morgan fingerprint density at radius 3 is 2.68 bits per heavy atom. The molecular weight excluding hydrogens is 427 g/mol. The monoisotopic (exact) mass is 460 g/mol. The SMILES string of the molecule is CN=C(NCC1CCN(c2ccccc2OC)C1)NC(C)C(C)C.I. The van der Waals surface area contributed by atoms with Crippen LogP contribution in [0.2, 0.25) is 0 Å². The number of aliphatic imine (C=N–C) groups is 1. The number of methoxy groups -OCH3 is 1. The summed E-state index contributed by atoms with van der Waals surface area (Å²) in [5.74, 6) is 3.04. The first-order valence-corrected chi connectivity index (χ1v) is 8.90. The van der Waals surface area contributed by atoms with Gasteiger partial charge in [-0.3, -0.25) is 4.99 Å². The first-order valence-electron chi connectivity index (χ1n) is 8.90. The van der Waals surface area contributed by atoms with Gasteiger partial charge in [-0.1, -0.05) is 26.0 Å². The molecule has 1 aromatic rings. The molecule has 5 nitrogen and oxygen atoms in total. The molecule has 6 heteroatoms. The van der Waals surface area contributed by atoms with Gasteiger partial charge in [-0.15, -0.1) is 24.0 Å². The fourth-order valence-electron chi connectivity index (χ4n) is 2.93. The predicted octanol–water partition coefficient (Wildman–Crippen LogP) is 3.35. The quantitative estimate of drug-likeness (QED) is 0.389. The molecule has 1 aliphatic rings. The Bertz CT molecular complexity index is 550. The summed E-state index contributed by atoms with van der Waals surface area (Å²) in [7, 11) is 3.57. The van der Waals surface area contributed by atoms with Gasteiger partial charge in [0.05, 0.1) is 12.8 Å². The van der Waals surface area contributed by atoms with Crippen LogP contribution in [0.3, 0.4) is 0 Å². The molecule has 1 fully saturated rings. The van der Waals surface area contributed by atoms with E-state index in [1.807, 2.05) is 19.2 Å². The third-order valence-corrected chi connectivity index (χ3v) is 4.86. The van der Waals surface area contributed by atoms with E-state index < -0.39 is 0 Å². The van der Waals surface area contributed by atoms with Crippen molar-refractivity contribution >= 4 is 35.6 Å². The van der Waals surface area contributed by atoms with Crippen LogP contribution in [0.5, 0.6) is 5.75 Å². The molecule has 1 aromatic carbocycles. The maximum absolute atomic E-state index is 5.49. The lowest BCUT2D eigenvalue weighted by molar-refractivity contribution is 0.414. The van der Waals surface area contributed by atoms with Crippen LogP contribution in [-0.2, 0) is 0 Å². The number of benzene rings is 1. The lowest BCUT2D eigenvalue weighted by Gasteiger charge is -2.23. The molecule has 0 aromatic heterocycles. The van der Waals surface area contributed by atoms with Gasteiger partial charge in [-0.25, -0.2) is 0 Å². The number of hydrogen-bond donors (Lipinski definition) is 2. The number of guanidine groups is 1. The standard InChI is InChI=1S/C19H32N4O.HI/c1-14(2)15(3)22-19(20-4)21-12-16-10-11-23(13-16)17-8-6-7-9-18(17)24-5;/h6-9,14-16H,10-13H2,1-5H3,(H2,20,21,22);1H. The van der Waals surface area contributed by atoms with Gasteiger partial charge in [0, 0.05) is 32.7 Å². The van der Waals surface area contributed by atoms with Crippen LogP contribution in [0.15, 0.2) is 29.3 Å². The maximum atomic E-state index is 5.49. The number of anilines is 1. The normalized spacial score (nSPS) is 18.7. The molecular formula is C19H33IN4O. The Balaban J connectivity index is 0.00000312. The zero-order chi connectivity index (χ0) is 17.5. The van der Waals surface area contributed by atoms with Crippen molar-refractivity contribution in [2.75, 3.05) is 38.7 Å². The topological polar surface area (TPSA) is 48.9 Å². The summed E-state index contributed by atoms with van der Waals surface area (Å²) < 4.78 is 5.49. The van der Waals surface area contributed by atoms with Gasteiger partial charge in [-0.05, 0) is 37.3 Å². The van der Waals surface area contributed by atoms with Crippen molar-refractivity contribution < 1.29 is 4.74 Å². The van der Waals surface area contributed by atoms with Crippen molar-refractivity contribution in [1.29, 1.82) is 0 Å². The van der Waals surface area contributed by atoms with Gasteiger partial charge in [-0.2, -0.15) is 0 Å². The third kappa shape index (κ3) is 6.24. The third-order valence-electron chi connectivity index (χ3n) is 4.86. The maximum Gasteiger partial charge on any atom is 0.191 e. The van der Waals surface area contributed by atoms with Crippen molar-refractivity contribution in [1.82, 2.24) is 10.6 Å².